The first-order chi connectivity index (χ1) is 17.5. The van der Waals surface area contributed by atoms with Gasteiger partial charge in [0.1, 0.15) is 10.6 Å². The maximum absolute atomic E-state index is 13.4. The summed E-state index contributed by atoms with van der Waals surface area (Å²) in [6.07, 6.45) is 0. The van der Waals surface area contributed by atoms with Crippen LogP contribution in [-0.4, -0.2) is 26.0 Å². The van der Waals surface area contributed by atoms with Crippen molar-refractivity contribution in [1.82, 2.24) is 0 Å². The minimum absolute atomic E-state index is 0. The van der Waals surface area contributed by atoms with Crippen LogP contribution < -0.4 is 44.7 Å². The zero-order chi connectivity index (χ0) is 26.9. The van der Waals surface area contributed by atoms with Crippen molar-refractivity contribution in [3.63, 3.8) is 0 Å². The zero-order valence-corrected chi connectivity index (χ0v) is 24.6. The summed E-state index contributed by atoms with van der Waals surface area (Å²) in [5.74, 6) is -0.982. The molecule has 2 N–H and O–H groups in total. The molecule has 4 aromatic rings. The number of amides is 1. The Morgan fingerprint density at radius 1 is 1.05 bits per heavy atom. The summed E-state index contributed by atoms with van der Waals surface area (Å²) in [7, 11) is -3.18. The molecular formula is C25H18Cl2N3NaO6S. The molecule has 0 fully saturated rings. The Hall–Kier alpha value is -2.70. The van der Waals surface area contributed by atoms with Crippen LogP contribution in [0.15, 0.2) is 75.8 Å². The van der Waals surface area contributed by atoms with E-state index in [2.05, 4.69) is 15.5 Å². The zero-order valence-electron chi connectivity index (χ0n) is 20.3. The van der Waals surface area contributed by atoms with Crippen molar-refractivity contribution in [2.24, 2.45) is 10.2 Å². The van der Waals surface area contributed by atoms with Gasteiger partial charge in [0.15, 0.2) is 0 Å². The molecule has 0 aromatic heterocycles. The molecule has 4 aromatic carbocycles. The van der Waals surface area contributed by atoms with Gasteiger partial charge < -0.3 is 15.2 Å². The SMILES string of the molecule is COc1cc(Cl)cc(NC(=O)c2cc3ccccc3c(N=Nc3ccc(Cl)c(S(=O)(=O)O)c3C)c2[O-])c1.[Na+]. The molecule has 9 nitrogen and oxygen atoms in total. The summed E-state index contributed by atoms with van der Waals surface area (Å²) >= 11 is 12.0. The van der Waals surface area contributed by atoms with Gasteiger partial charge in [-0.05, 0) is 48.2 Å². The Morgan fingerprint density at radius 3 is 2.45 bits per heavy atom. The molecule has 1 amide bonds. The fourth-order valence-corrected chi connectivity index (χ4v) is 5.23. The number of methoxy groups -OCH3 is 1. The molecule has 0 radical (unpaired) electrons. The molecule has 0 aliphatic heterocycles. The molecule has 0 spiro atoms. The largest absolute Gasteiger partial charge is 1.00 e. The number of azo groups is 1. The van der Waals surface area contributed by atoms with Crippen molar-refractivity contribution in [2.45, 2.75) is 11.8 Å². The fraction of sp³-hybridized carbons (Fsp3) is 0.0800. The van der Waals surface area contributed by atoms with Crippen LogP contribution in [0, 0.1) is 6.92 Å². The van der Waals surface area contributed by atoms with Crippen LogP contribution >= 0.6 is 23.2 Å². The molecule has 0 unspecified atom stereocenters. The van der Waals surface area contributed by atoms with E-state index in [-0.39, 0.29) is 57.1 Å². The van der Waals surface area contributed by atoms with E-state index in [1.807, 2.05) is 0 Å². The third kappa shape index (κ3) is 6.29. The first-order valence-corrected chi connectivity index (χ1v) is 12.8. The van der Waals surface area contributed by atoms with Crippen molar-refractivity contribution in [3.05, 3.63) is 81.8 Å². The van der Waals surface area contributed by atoms with Crippen LogP contribution in [0.2, 0.25) is 10.0 Å². The van der Waals surface area contributed by atoms with Crippen LogP contribution in [-0.2, 0) is 10.1 Å². The van der Waals surface area contributed by atoms with Gasteiger partial charge in [-0.3, -0.25) is 9.35 Å². The average molecular weight is 582 g/mol. The molecule has 0 heterocycles. The maximum atomic E-state index is 13.4. The molecule has 0 atom stereocenters. The second-order valence-corrected chi connectivity index (χ2v) is 10.1. The van der Waals surface area contributed by atoms with E-state index in [0.29, 0.717) is 27.2 Å². The van der Waals surface area contributed by atoms with Gasteiger partial charge in [0, 0.05) is 27.7 Å². The summed E-state index contributed by atoms with van der Waals surface area (Å²) in [6.45, 7) is 1.39. The number of hydrogen-bond acceptors (Lipinski definition) is 7. The van der Waals surface area contributed by atoms with E-state index >= 15 is 0 Å². The molecule has 38 heavy (non-hydrogen) atoms. The second kappa shape index (κ2) is 12.0. The normalized spacial score (nSPS) is 11.4. The number of benzene rings is 4. The van der Waals surface area contributed by atoms with E-state index in [9.17, 15) is 22.9 Å². The molecular weight excluding hydrogens is 564 g/mol. The first kappa shape index (κ1) is 29.9. The summed E-state index contributed by atoms with van der Waals surface area (Å²) in [6, 6.07) is 15.5. The van der Waals surface area contributed by atoms with Crippen LogP contribution in [0.25, 0.3) is 10.8 Å². The van der Waals surface area contributed by atoms with Crippen LogP contribution in [0.4, 0.5) is 17.1 Å². The van der Waals surface area contributed by atoms with Crippen molar-refractivity contribution in [1.29, 1.82) is 0 Å². The quantitative estimate of drug-likeness (QED) is 0.203. The molecule has 0 bridgehead atoms. The van der Waals surface area contributed by atoms with Crippen molar-refractivity contribution in [2.75, 3.05) is 12.4 Å². The topological polar surface area (TPSA) is 140 Å². The standard InChI is InChI=1S/C25H19Cl2N3O6S.Na/c1-13-21(8-7-20(27)24(13)37(33,34)35)29-30-22-18-6-4-3-5-14(18)9-19(23(22)31)25(32)28-16-10-15(26)11-17(12-16)36-2;/h3-12,31H,1-2H3,(H,28,32)(H,33,34,35);/q;+1/p-1. The number of nitrogens with zero attached hydrogens (tertiary/aromatic N) is 2. The third-order valence-electron chi connectivity index (χ3n) is 5.43. The van der Waals surface area contributed by atoms with Crippen molar-refractivity contribution >= 4 is 67.1 Å². The van der Waals surface area contributed by atoms with Crippen molar-refractivity contribution in [3.8, 4) is 11.5 Å². The van der Waals surface area contributed by atoms with E-state index in [1.165, 1.54) is 38.3 Å². The van der Waals surface area contributed by atoms with Crippen LogP contribution in [0.3, 0.4) is 0 Å². The third-order valence-corrected chi connectivity index (χ3v) is 7.12. The first-order valence-electron chi connectivity index (χ1n) is 10.6. The summed E-state index contributed by atoms with van der Waals surface area (Å²) in [5.41, 5.74) is 0.0908. The molecule has 0 saturated carbocycles. The Kier molecular flexibility index (Phi) is 9.43. The number of carbonyl (C=O) groups excluding carboxylic acids is 1. The van der Waals surface area contributed by atoms with Gasteiger partial charge in [-0.2, -0.15) is 18.6 Å². The molecule has 0 aliphatic carbocycles. The monoisotopic (exact) mass is 581 g/mol. The van der Waals surface area contributed by atoms with E-state index in [0.717, 1.165) is 0 Å². The predicted molar refractivity (Wildman–Crippen MR) is 140 cm³/mol. The summed E-state index contributed by atoms with van der Waals surface area (Å²) in [5, 5.41) is 25.2. The minimum Gasteiger partial charge on any atom is -0.870 e. The fourth-order valence-electron chi connectivity index (χ4n) is 3.71. The maximum Gasteiger partial charge on any atom is 1.00 e. The van der Waals surface area contributed by atoms with Gasteiger partial charge in [-0.15, -0.1) is 0 Å². The number of hydrogen-bond donors (Lipinski definition) is 2. The Labute approximate surface area is 250 Å². The number of anilines is 1. The van der Waals surface area contributed by atoms with Gasteiger partial charge in [0.05, 0.1) is 23.5 Å². The van der Waals surface area contributed by atoms with Gasteiger partial charge in [-0.25, -0.2) is 0 Å². The van der Waals surface area contributed by atoms with E-state index < -0.39 is 26.7 Å². The smallest absolute Gasteiger partial charge is 0.870 e. The van der Waals surface area contributed by atoms with E-state index in [4.69, 9.17) is 27.9 Å². The number of halogens is 2. The second-order valence-electron chi connectivity index (χ2n) is 7.85. The Balaban J connectivity index is 0.00000400. The van der Waals surface area contributed by atoms with Gasteiger partial charge in [-0.1, -0.05) is 53.2 Å². The van der Waals surface area contributed by atoms with Gasteiger partial charge in [0.2, 0.25) is 0 Å². The van der Waals surface area contributed by atoms with Crippen molar-refractivity contribution < 1.29 is 57.2 Å². The minimum atomic E-state index is -4.63. The summed E-state index contributed by atoms with van der Waals surface area (Å²) in [4.78, 5) is 12.6. The number of nitrogens with one attached hydrogen (secondary N) is 1. The summed E-state index contributed by atoms with van der Waals surface area (Å²) < 4.78 is 38.2. The molecule has 0 saturated heterocycles. The number of carbonyl (C=O) groups is 1. The number of ether oxygens (including phenoxy) is 1. The van der Waals surface area contributed by atoms with Crippen LogP contribution in [0.1, 0.15) is 15.9 Å². The molecule has 4 rings (SSSR count). The Bertz CT molecular complexity index is 1700. The Morgan fingerprint density at radius 2 is 1.76 bits per heavy atom. The predicted octanol–water partition coefficient (Wildman–Crippen LogP) is 3.46. The molecule has 0 aliphatic rings. The molecule has 13 heteroatoms. The van der Waals surface area contributed by atoms with Crippen LogP contribution in [0.5, 0.6) is 11.5 Å². The number of fused-ring (bicyclic) bond motifs is 1. The van der Waals surface area contributed by atoms with Gasteiger partial charge in [0.25, 0.3) is 16.0 Å². The number of rotatable bonds is 6. The van der Waals surface area contributed by atoms with Gasteiger partial charge >= 0.3 is 29.6 Å². The molecule has 190 valence electrons. The van der Waals surface area contributed by atoms with E-state index in [1.54, 1.807) is 36.4 Å². The average Bonchev–Trinajstić information content (AvgIpc) is 2.83.